The van der Waals surface area contributed by atoms with Crippen LogP contribution in [-0.4, -0.2) is 39.0 Å². The predicted octanol–water partition coefficient (Wildman–Crippen LogP) is 2.44. The molecule has 1 unspecified atom stereocenters. The molecular weight excluding hydrogens is 274 g/mol. The molecule has 1 atom stereocenters. The summed E-state index contributed by atoms with van der Waals surface area (Å²) in [6, 6.07) is 8.55. The Morgan fingerprint density at radius 1 is 1.09 bits per heavy atom. The van der Waals surface area contributed by atoms with E-state index in [4.69, 9.17) is 0 Å². The Hall–Kier alpha value is -2.01. The Kier molecular flexibility index (Phi) is 3.72. The maximum Gasteiger partial charge on any atom is 0.133 e. The van der Waals surface area contributed by atoms with Crippen LogP contribution < -0.4 is 5.32 Å². The number of pyridine rings is 1. The molecule has 1 aliphatic heterocycles. The van der Waals surface area contributed by atoms with Crippen LogP contribution in [0.15, 0.2) is 36.7 Å². The second-order valence-electron chi connectivity index (χ2n) is 6.26. The molecule has 1 saturated heterocycles. The van der Waals surface area contributed by atoms with Gasteiger partial charge < -0.3 is 5.32 Å². The molecule has 2 aliphatic rings. The van der Waals surface area contributed by atoms with Gasteiger partial charge in [-0.15, -0.1) is 0 Å². The van der Waals surface area contributed by atoms with Gasteiger partial charge in [0.2, 0.25) is 0 Å². The topological polar surface area (TPSA) is 53.9 Å². The van der Waals surface area contributed by atoms with Gasteiger partial charge in [-0.25, -0.2) is 9.97 Å². The minimum absolute atomic E-state index is 0.464. The molecule has 0 bridgehead atoms. The van der Waals surface area contributed by atoms with Crippen molar-refractivity contribution in [2.75, 3.05) is 18.4 Å². The number of hydrogen-bond acceptors (Lipinski definition) is 5. The van der Waals surface area contributed by atoms with Crippen molar-refractivity contribution < 1.29 is 0 Å². The number of nitrogens with zero attached hydrogens (tertiary/aromatic N) is 4. The molecular formula is C17H21N5. The molecule has 0 radical (unpaired) electrons. The van der Waals surface area contributed by atoms with Crippen molar-refractivity contribution in [1.82, 2.24) is 19.9 Å². The quantitative estimate of drug-likeness (QED) is 0.918. The molecule has 2 fully saturated rings. The number of aromatic nitrogens is 3. The van der Waals surface area contributed by atoms with Crippen LogP contribution in [0.4, 0.5) is 5.82 Å². The van der Waals surface area contributed by atoms with Crippen molar-refractivity contribution in [3.05, 3.63) is 48.2 Å². The Morgan fingerprint density at radius 2 is 2.05 bits per heavy atom. The van der Waals surface area contributed by atoms with Crippen molar-refractivity contribution in [3.63, 3.8) is 0 Å². The summed E-state index contributed by atoms with van der Waals surface area (Å²) < 4.78 is 0. The fraction of sp³-hybridized carbons (Fsp3) is 0.471. The van der Waals surface area contributed by atoms with Crippen LogP contribution in [-0.2, 0) is 6.54 Å². The van der Waals surface area contributed by atoms with Gasteiger partial charge in [-0.1, -0.05) is 6.07 Å². The third-order valence-electron chi connectivity index (χ3n) is 4.35. The van der Waals surface area contributed by atoms with Gasteiger partial charge in [0.15, 0.2) is 0 Å². The van der Waals surface area contributed by atoms with Gasteiger partial charge in [0.05, 0.1) is 5.69 Å². The van der Waals surface area contributed by atoms with Gasteiger partial charge in [-0.2, -0.15) is 0 Å². The lowest BCUT2D eigenvalue weighted by Crippen LogP contribution is -2.26. The van der Waals surface area contributed by atoms with E-state index in [2.05, 4.69) is 37.3 Å². The molecule has 0 amide bonds. The highest BCUT2D eigenvalue weighted by Crippen LogP contribution is 2.38. The smallest absolute Gasteiger partial charge is 0.133 e. The molecule has 114 valence electrons. The van der Waals surface area contributed by atoms with Crippen molar-refractivity contribution in [2.24, 2.45) is 0 Å². The first kappa shape index (κ1) is 13.6. The molecule has 0 spiro atoms. The van der Waals surface area contributed by atoms with Gasteiger partial charge in [-0.05, 0) is 37.5 Å². The average Bonchev–Trinajstić information content (AvgIpc) is 3.31. The number of rotatable bonds is 5. The van der Waals surface area contributed by atoms with E-state index in [1.54, 1.807) is 0 Å². The molecule has 5 nitrogen and oxygen atoms in total. The van der Waals surface area contributed by atoms with E-state index >= 15 is 0 Å². The average molecular weight is 295 g/mol. The first-order valence-electron chi connectivity index (χ1n) is 8.08. The largest absolute Gasteiger partial charge is 0.366 e. The molecule has 1 N–H and O–H groups in total. The zero-order valence-electron chi connectivity index (χ0n) is 12.7. The van der Waals surface area contributed by atoms with Gasteiger partial charge >= 0.3 is 0 Å². The number of likely N-dealkylation sites (tertiary alicyclic amines) is 1. The van der Waals surface area contributed by atoms with Gasteiger partial charge in [0.1, 0.15) is 11.6 Å². The van der Waals surface area contributed by atoms with Crippen LogP contribution in [0.25, 0.3) is 0 Å². The second-order valence-corrected chi connectivity index (χ2v) is 6.26. The van der Waals surface area contributed by atoms with Crippen LogP contribution in [0.5, 0.6) is 0 Å². The molecule has 4 rings (SSSR count). The van der Waals surface area contributed by atoms with E-state index in [9.17, 15) is 0 Å². The zero-order chi connectivity index (χ0) is 14.8. The summed E-state index contributed by atoms with van der Waals surface area (Å²) in [4.78, 5) is 15.9. The Bertz CT molecular complexity index is 626. The number of nitrogens with one attached hydrogen (secondary N) is 1. The molecule has 3 heterocycles. The normalized spacial score (nSPS) is 21.9. The first-order valence-corrected chi connectivity index (χ1v) is 8.08. The van der Waals surface area contributed by atoms with Gasteiger partial charge in [0, 0.05) is 44.0 Å². The Morgan fingerprint density at radius 3 is 2.86 bits per heavy atom. The summed E-state index contributed by atoms with van der Waals surface area (Å²) in [6.45, 7) is 3.07. The monoisotopic (exact) mass is 295 g/mol. The molecule has 2 aromatic rings. The van der Waals surface area contributed by atoms with Crippen molar-refractivity contribution in [3.8, 4) is 0 Å². The third kappa shape index (κ3) is 3.25. The highest BCUT2D eigenvalue weighted by molar-refractivity contribution is 5.35. The van der Waals surface area contributed by atoms with E-state index in [0.29, 0.717) is 12.0 Å². The maximum absolute atomic E-state index is 4.65. The minimum Gasteiger partial charge on any atom is -0.366 e. The lowest BCUT2D eigenvalue weighted by Gasteiger charge is -2.16. The lowest BCUT2D eigenvalue weighted by atomic mass is 10.2. The van der Waals surface area contributed by atoms with Gasteiger partial charge in [-0.3, -0.25) is 9.88 Å². The van der Waals surface area contributed by atoms with E-state index in [1.165, 1.54) is 12.8 Å². The summed E-state index contributed by atoms with van der Waals surface area (Å²) in [6.07, 6.45) is 7.37. The fourth-order valence-electron chi connectivity index (χ4n) is 3.02. The van der Waals surface area contributed by atoms with Crippen LogP contribution in [0.3, 0.4) is 0 Å². The van der Waals surface area contributed by atoms with Crippen molar-refractivity contribution in [1.29, 1.82) is 0 Å². The summed E-state index contributed by atoms with van der Waals surface area (Å²) >= 11 is 0. The molecule has 1 aliphatic carbocycles. The number of anilines is 1. The van der Waals surface area contributed by atoms with Crippen LogP contribution in [0, 0.1) is 0 Å². The zero-order valence-corrected chi connectivity index (χ0v) is 12.7. The number of hydrogen-bond donors (Lipinski definition) is 1. The SMILES string of the molecule is c1ccc(CN2CCC(Nc3ccnc(C4CC4)n3)C2)nc1. The maximum atomic E-state index is 4.65. The molecule has 5 heteroatoms. The summed E-state index contributed by atoms with van der Waals surface area (Å²) in [5, 5.41) is 3.57. The van der Waals surface area contributed by atoms with Crippen LogP contribution in [0.1, 0.15) is 36.7 Å². The minimum atomic E-state index is 0.464. The standard InChI is InChI=1S/C17H21N5/c1-2-8-18-14(3-1)11-22-10-7-15(12-22)20-16-6-9-19-17(21-16)13-4-5-13/h1-3,6,8-9,13,15H,4-5,7,10-12H2,(H,19,20,21). The highest BCUT2D eigenvalue weighted by atomic mass is 15.2. The van der Waals surface area contributed by atoms with E-state index in [0.717, 1.165) is 43.4 Å². The summed E-state index contributed by atoms with van der Waals surface area (Å²) in [7, 11) is 0. The highest BCUT2D eigenvalue weighted by Gasteiger charge is 2.27. The van der Waals surface area contributed by atoms with Crippen LogP contribution >= 0.6 is 0 Å². The van der Waals surface area contributed by atoms with Crippen molar-refractivity contribution >= 4 is 5.82 Å². The first-order chi connectivity index (χ1) is 10.9. The molecule has 1 saturated carbocycles. The summed E-state index contributed by atoms with van der Waals surface area (Å²) in [5.41, 5.74) is 1.14. The third-order valence-corrected chi connectivity index (χ3v) is 4.35. The van der Waals surface area contributed by atoms with Gasteiger partial charge in [0.25, 0.3) is 0 Å². The van der Waals surface area contributed by atoms with E-state index in [-0.39, 0.29) is 0 Å². The van der Waals surface area contributed by atoms with Crippen molar-refractivity contribution in [2.45, 2.75) is 37.8 Å². The molecule has 2 aromatic heterocycles. The Labute approximate surface area is 130 Å². The second kappa shape index (κ2) is 6.01. The molecule has 22 heavy (non-hydrogen) atoms. The van der Waals surface area contributed by atoms with Crippen LogP contribution in [0.2, 0.25) is 0 Å². The summed E-state index contributed by atoms with van der Waals surface area (Å²) in [5.74, 6) is 2.58. The predicted molar refractivity (Wildman–Crippen MR) is 85.5 cm³/mol. The fourth-order valence-corrected chi connectivity index (χ4v) is 3.02. The lowest BCUT2D eigenvalue weighted by molar-refractivity contribution is 0.324. The van der Waals surface area contributed by atoms with E-state index < -0.39 is 0 Å². The Balaban J connectivity index is 1.34. The van der Waals surface area contributed by atoms with E-state index in [1.807, 2.05) is 24.5 Å². The molecule has 0 aromatic carbocycles.